The molecule has 1 fully saturated rings. The number of hydrogen-bond donors (Lipinski definition) is 3. The Hall–Kier alpha value is -3.41. The average molecular weight is 531 g/mol. The number of anilines is 1. The molecule has 0 aromatic heterocycles. The van der Waals surface area contributed by atoms with Crippen LogP contribution in [0.2, 0.25) is 0 Å². The number of nitrogens with one attached hydrogen (secondary N) is 1. The quantitative estimate of drug-likeness (QED) is 0.328. The second-order valence-corrected chi connectivity index (χ2v) is 10.4. The summed E-state index contributed by atoms with van der Waals surface area (Å²) in [5.74, 6) is -0.365. The average Bonchev–Trinajstić information content (AvgIpc) is 3.20. The van der Waals surface area contributed by atoms with Gasteiger partial charge in [0.1, 0.15) is 11.4 Å². The summed E-state index contributed by atoms with van der Waals surface area (Å²) in [6.07, 6.45) is 5.44. The van der Waals surface area contributed by atoms with E-state index in [9.17, 15) is 27.7 Å². The summed E-state index contributed by atoms with van der Waals surface area (Å²) in [6.45, 7) is -0.328. The molecule has 37 heavy (non-hydrogen) atoms. The van der Waals surface area contributed by atoms with Crippen LogP contribution in [-0.4, -0.2) is 61.7 Å². The van der Waals surface area contributed by atoms with Gasteiger partial charge in [0.2, 0.25) is 0 Å². The van der Waals surface area contributed by atoms with Crippen LogP contribution in [-0.2, 0) is 24.4 Å². The molecule has 1 aliphatic heterocycles. The molecule has 0 radical (unpaired) electrons. The number of aliphatic hydroxyl groups excluding tert-OH is 1. The number of β-amino-alcohol motifs (C(OH)–C–C–N with tert-alkyl or cyclic N) is 1. The number of aliphatic hydroxyl groups is 1. The number of carbonyl (C=O) groups excluding carboxylic acids is 2. The zero-order valence-corrected chi connectivity index (χ0v) is 21.3. The Balaban J connectivity index is 1.75. The van der Waals surface area contributed by atoms with Gasteiger partial charge in [-0.2, -0.15) is 8.42 Å². The van der Waals surface area contributed by atoms with Gasteiger partial charge in [0.05, 0.1) is 36.4 Å². The minimum atomic E-state index is -4.54. The molecule has 0 saturated heterocycles. The highest BCUT2D eigenvalue weighted by Crippen LogP contribution is 2.41. The van der Waals surface area contributed by atoms with Crippen LogP contribution in [0.1, 0.15) is 43.6 Å². The first-order valence-electron chi connectivity index (χ1n) is 12.1. The molecule has 0 atom stereocenters. The van der Waals surface area contributed by atoms with E-state index in [2.05, 4.69) is 5.32 Å². The molecule has 2 aromatic rings. The number of benzene rings is 2. The number of amides is 1. The van der Waals surface area contributed by atoms with Gasteiger partial charge in [-0.1, -0.05) is 37.5 Å². The van der Waals surface area contributed by atoms with Gasteiger partial charge < -0.3 is 24.8 Å². The minimum absolute atomic E-state index is 0.0182. The molecule has 1 heterocycles. The number of para-hydroxylation sites is 1. The van der Waals surface area contributed by atoms with E-state index in [-0.39, 0.29) is 47.3 Å². The fourth-order valence-electron chi connectivity index (χ4n) is 4.78. The monoisotopic (exact) mass is 530 g/mol. The first-order valence-corrected chi connectivity index (χ1v) is 13.5. The highest BCUT2D eigenvalue weighted by atomic mass is 32.2. The number of methoxy groups -OCH3 is 1. The molecule has 0 bridgehead atoms. The maximum absolute atomic E-state index is 13.0. The summed E-state index contributed by atoms with van der Waals surface area (Å²) < 4.78 is 44.5. The van der Waals surface area contributed by atoms with E-state index in [0.717, 1.165) is 31.2 Å². The predicted octanol–water partition coefficient (Wildman–Crippen LogP) is 3.45. The molecule has 1 aliphatic carbocycles. The molecule has 1 saturated carbocycles. The Morgan fingerprint density at radius 2 is 1.84 bits per heavy atom. The van der Waals surface area contributed by atoms with Crippen molar-refractivity contribution in [3.63, 3.8) is 0 Å². The molecule has 0 unspecified atom stereocenters. The number of ether oxygens (including phenoxy) is 2. The predicted molar refractivity (Wildman–Crippen MR) is 135 cm³/mol. The van der Waals surface area contributed by atoms with Gasteiger partial charge in [-0.3, -0.25) is 9.35 Å². The molecule has 4 rings (SSSR count). The van der Waals surface area contributed by atoms with E-state index < -0.39 is 22.0 Å². The lowest BCUT2D eigenvalue weighted by Gasteiger charge is -2.24. The largest absolute Gasteiger partial charge is 0.466 e. The Morgan fingerprint density at radius 3 is 2.51 bits per heavy atom. The van der Waals surface area contributed by atoms with E-state index in [1.54, 1.807) is 6.07 Å². The summed E-state index contributed by atoms with van der Waals surface area (Å²) in [5, 5.41) is 12.2. The van der Waals surface area contributed by atoms with Gasteiger partial charge in [-0.15, -0.1) is 0 Å². The van der Waals surface area contributed by atoms with Gasteiger partial charge in [0.25, 0.3) is 16.0 Å². The lowest BCUT2D eigenvalue weighted by atomic mass is 9.84. The number of rotatable bonds is 9. The summed E-state index contributed by atoms with van der Waals surface area (Å²) in [5.41, 5.74) is 1.20. The standard InChI is InChI=1S/C26H30N2O8S/c1-35-26(31)20-16-28(13-14-29)25(30)24(20)27-21-12-11-18(37(32,33)34)15-23(21)36-22-10-6-5-9-19(22)17-7-3-2-4-8-17/h5-6,9-12,15,17,27,29H,2-4,7-8,13-14,16H2,1H3,(H,32,33,34). The van der Waals surface area contributed by atoms with Crippen LogP contribution in [0.15, 0.2) is 58.6 Å². The fourth-order valence-corrected chi connectivity index (χ4v) is 5.27. The highest BCUT2D eigenvalue weighted by Gasteiger charge is 2.35. The van der Waals surface area contributed by atoms with Crippen molar-refractivity contribution in [1.82, 2.24) is 4.90 Å². The Labute approximate surface area is 215 Å². The maximum Gasteiger partial charge on any atom is 0.337 e. The van der Waals surface area contributed by atoms with Crippen molar-refractivity contribution in [2.45, 2.75) is 42.9 Å². The number of hydrogen-bond acceptors (Lipinski definition) is 8. The van der Waals surface area contributed by atoms with Crippen molar-refractivity contribution in [1.29, 1.82) is 0 Å². The summed E-state index contributed by atoms with van der Waals surface area (Å²) in [6, 6.07) is 11.2. The van der Waals surface area contributed by atoms with Gasteiger partial charge in [-0.05, 0) is 42.5 Å². The van der Waals surface area contributed by atoms with E-state index in [1.165, 1.54) is 36.6 Å². The van der Waals surface area contributed by atoms with E-state index >= 15 is 0 Å². The second-order valence-electron chi connectivity index (χ2n) is 9.03. The maximum atomic E-state index is 13.0. The van der Waals surface area contributed by atoms with Gasteiger partial charge in [0.15, 0.2) is 5.75 Å². The lowest BCUT2D eigenvalue weighted by Crippen LogP contribution is -2.31. The SMILES string of the molecule is COC(=O)C1=C(Nc2ccc(S(=O)(=O)O)cc2Oc2ccccc2C2CCCCC2)C(=O)N(CCO)C1. The van der Waals surface area contributed by atoms with Crippen molar-refractivity contribution >= 4 is 27.7 Å². The molecule has 2 aliphatic rings. The lowest BCUT2D eigenvalue weighted by molar-refractivity contribution is -0.136. The van der Waals surface area contributed by atoms with Crippen LogP contribution in [0.5, 0.6) is 11.5 Å². The molecule has 3 N–H and O–H groups in total. The minimum Gasteiger partial charge on any atom is -0.466 e. The summed E-state index contributed by atoms with van der Waals surface area (Å²) >= 11 is 0. The first-order chi connectivity index (χ1) is 17.7. The van der Waals surface area contributed by atoms with Gasteiger partial charge in [0, 0.05) is 12.6 Å². The van der Waals surface area contributed by atoms with E-state index in [0.29, 0.717) is 11.7 Å². The first kappa shape index (κ1) is 26.6. The topological polar surface area (TPSA) is 142 Å². The van der Waals surface area contributed by atoms with Crippen molar-refractivity contribution in [2.75, 3.05) is 32.1 Å². The number of nitrogens with zero attached hydrogens (tertiary/aromatic N) is 1. The van der Waals surface area contributed by atoms with E-state index in [1.807, 2.05) is 18.2 Å². The van der Waals surface area contributed by atoms with E-state index in [4.69, 9.17) is 9.47 Å². The summed E-state index contributed by atoms with van der Waals surface area (Å²) in [7, 11) is -3.35. The molecular weight excluding hydrogens is 500 g/mol. The molecule has 11 heteroatoms. The molecule has 2 aromatic carbocycles. The summed E-state index contributed by atoms with van der Waals surface area (Å²) in [4.78, 5) is 26.3. The number of esters is 1. The van der Waals surface area contributed by atoms with Crippen LogP contribution < -0.4 is 10.1 Å². The van der Waals surface area contributed by atoms with Crippen molar-refractivity contribution < 1.29 is 37.1 Å². The molecule has 10 nitrogen and oxygen atoms in total. The van der Waals surface area contributed by atoms with Crippen molar-refractivity contribution in [3.05, 3.63) is 59.3 Å². The van der Waals surface area contributed by atoms with Gasteiger partial charge in [-0.25, -0.2) is 4.79 Å². The highest BCUT2D eigenvalue weighted by molar-refractivity contribution is 7.85. The third-order valence-electron chi connectivity index (χ3n) is 6.65. The molecular formula is C26H30N2O8S. The van der Waals surface area contributed by atoms with Crippen molar-refractivity contribution in [3.8, 4) is 11.5 Å². The van der Waals surface area contributed by atoms with Crippen LogP contribution in [0, 0.1) is 0 Å². The molecule has 198 valence electrons. The Morgan fingerprint density at radius 1 is 1.11 bits per heavy atom. The third kappa shape index (κ3) is 5.95. The normalized spacial score (nSPS) is 16.7. The van der Waals surface area contributed by atoms with Crippen LogP contribution in [0.4, 0.5) is 5.69 Å². The zero-order valence-electron chi connectivity index (χ0n) is 20.5. The Bertz CT molecular complexity index is 1320. The Kier molecular flexibility index (Phi) is 8.16. The third-order valence-corrected chi connectivity index (χ3v) is 7.50. The second kappa shape index (κ2) is 11.3. The zero-order chi connectivity index (χ0) is 26.6. The van der Waals surface area contributed by atoms with Crippen LogP contribution in [0.3, 0.4) is 0 Å². The van der Waals surface area contributed by atoms with Gasteiger partial charge >= 0.3 is 5.97 Å². The molecule has 0 spiro atoms. The molecule has 1 amide bonds. The fraction of sp³-hybridized carbons (Fsp3) is 0.385. The smallest absolute Gasteiger partial charge is 0.337 e. The number of carbonyl (C=O) groups is 2. The van der Waals surface area contributed by atoms with Crippen LogP contribution >= 0.6 is 0 Å². The van der Waals surface area contributed by atoms with Crippen LogP contribution in [0.25, 0.3) is 0 Å². The van der Waals surface area contributed by atoms with Crippen molar-refractivity contribution in [2.24, 2.45) is 0 Å².